The number of nitrogens with zero attached hydrogens (tertiary/aromatic N) is 1. The third-order valence-electron chi connectivity index (χ3n) is 2.00. The highest BCUT2D eigenvalue weighted by atomic mass is 14.9. The zero-order valence-corrected chi connectivity index (χ0v) is 9.85. The van der Waals surface area contributed by atoms with Crippen LogP contribution in [-0.2, 0) is 6.54 Å². The van der Waals surface area contributed by atoms with Crippen molar-refractivity contribution in [2.45, 2.75) is 20.4 Å². The van der Waals surface area contributed by atoms with Gasteiger partial charge < -0.3 is 5.32 Å². The molecule has 1 aromatic carbocycles. The molecule has 2 aromatic rings. The molecule has 1 N–H and O–H groups in total. The Labute approximate surface area is 98.8 Å². The summed E-state index contributed by atoms with van der Waals surface area (Å²) in [6.07, 6.45) is 3.59. The molecule has 0 amide bonds. The van der Waals surface area contributed by atoms with E-state index in [4.69, 9.17) is 0 Å². The molecule has 0 aliphatic heterocycles. The Bertz CT molecular complexity index is 336. The maximum atomic E-state index is 4.03. The summed E-state index contributed by atoms with van der Waals surface area (Å²) < 4.78 is 0. The van der Waals surface area contributed by atoms with Crippen LogP contribution in [0.15, 0.2) is 54.9 Å². The first-order chi connectivity index (χ1) is 7.95. The Hall–Kier alpha value is -1.83. The van der Waals surface area contributed by atoms with Gasteiger partial charge in [-0.2, -0.15) is 0 Å². The van der Waals surface area contributed by atoms with E-state index in [1.165, 1.54) is 5.56 Å². The molecule has 0 saturated heterocycles. The molecule has 0 unspecified atom stereocenters. The Morgan fingerprint density at radius 1 is 1.06 bits per heavy atom. The van der Waals surface area contributed by atoms with Crippen molar-refractivity contribution in [1.82, 2.24) is 4.98 Å². The predicted octanol–water partition coefficient (Wildman–Crippen LogP) is 3.97. The SMILES string of the molecule is CC.[HH].c1ccc(CNc2cccnc2)cc1. The number of hydrogen-bond donors (Lipinski definition) is 1. The maximum absolute atomic E-state index is 4.03. The Kier molecular flexibility index (Phi) is 5.71. The maximum Gasteiger partial charge on any atom is 0.0529 e. The van der Waals surface area contributed by atoms with Crippen molar-refractivity contribution < 1.29 is 1.43 Å². The van der Waals surface area contributed by atoms with E-state index in [1.54, 1.807) is 6.20 Å². The van der Waals surface area contributed by atoms with Crippen LogP contribution in [0.25, 0.3) is 0 Å². The molecule has 0 saturated carbocycles. The number of anilines is 1. The molecular formula is C14H20N2. The Morgan fingerprint density at radius 3 is 2.44 bits per heavy atom. The van der Waals surface area contributed by atoms with Gasteiger partial charge >= 0.3 is 0 Å². The second kappa shape index (κ2) is 7.46. The van der Waals surface area contributed by atoms with E-state index >= 15 is 0 Å². The van der Waals surface area contributed by atoms with Crippen LogP contribution in [-0.4, -0.2) is 4.98 Å². The Balaban J connectivity index is 0.000000811. The van der Waals surface area contributed by atoms with E-state index in [1.807, 2.05) is 50.4 Å². The average molecular weight is 216 g/mol. The summed E-state index contributed by atoms with van der Waals surface area (Å²) in [5, 5.41) is 3.30. The lowest BCUT2D eigenvalue weighted by Gasteiger charge is -2.04. The zero-order valence-electron chi connectivity index (χ0n) is 9.85. The monoisotopic (exact) mass is 216 g/mol. The average Bonchev–Trinajstić information content (AvgIpc) is 2.41. The first kappa shape index (κ1) is 12.2. The topological polar surface area (TPSA) is 24.9 Å². The molecule has 0 aliphatic carbocycles. The lowest BCUT2D eigenvalue weighted by molar-refractivity contribution is 1.14. The molecule has 0 fully saturated rings. The van der Waals surface area contributed by atoms with Gasteiger partial charge in [0.25, 0.3) is 0 Å². The molecule has 86 valence electrons. The smallest absolute Gasteiger partial charge is 0.0529 e. The fourth-order valence-corrected chi connectivity index (χ4v) is 1.27. The van der Waals surface area contributed by atoms with E-state index in [0.717, 1.165) is 12.2 Å². The van der Waals surface area contributed by atoms with Crippen LogP contribution in [0.5, 0.6) is 0 Å². The van der Waals surface area contributed by atoms with E-state index < -0.39 is 0 Å². The third-order valence-corrected chi connectivity index (χ3v) is 2.00. The van der Waals surface area contributed by atoms with Gasteiger partial charge in [0.2, 0.25) is 0 Å². The van der Waals surface area contributed by atoms with E-state index in [-0.39, 0.29) is 1.43 Å². The molecule has 2 nitrogen and oxygen atoms in total. The van der Waals surface area contributed by atoms with Crippen molar-refractivity contribution >= 4 is 5.69 Å². The highest BCUT2D eigenvalue weighted by molar-refractivity contribution is 5.40. The predicted molar refractivity (Wildman–Crippen MR) is 71.5 cm³/mol. The molecule has 0 atom stereocenters. The summed E-state index contributed by atoms with van der Waals surface area (Å²) >= 11 is 0. The minimum Gasteiger partial charge on any atom is -0.380 e. The summed E-state index contributed by atoms with van der Waals surface area (Å²) in [5.41, 5.74) is 2.33. The fraction of sp³-hybridized carbons (Fsp3) is 0.214. The van der Waals surface area contributed by atoms with Crippen LogP contribution in [0.2, 0.25) is 0 Å². The van der Waals surface area contributed by atoms with Crippen LogP contribution in [0.4, 0.5) is 5.69 Å². The van der Waals surface area contributed by atoms with Gasteiger partial charge in [-0.1, -0.05) is 44.2 Å². The first-order valence-corrected chi connectivity index (χ1v) is 5.63. The van der Waals surface area contributed by atoms with Gasteiger partial charge in [-0.25, -0.2) is 0 Å². The summed E-state index contributed by atoms with van der Waals surface area (Å²) in [4.78, 5) is 4.03. The van der Waals surface area contributed by atoms with Crippen molar-refractivity contribution in [3.05, 3.63) is 60.4 Å². The van der Waals surface area contributed by atoms with Gasteiger partial charge in [-0.3, -0.25) is 4.98 Å². The molecule has 0 radical (unpaired) electrons. The van der Waals surface area contributed by atoms with Crippen LogP contribution < -0.4 is 5.32 Å². The van der Waals surface area contributed by atoms with Gasteiger partial charge in [0, 0.05) is 20.4 Å². The largest absolute Gasteiger partial charge is 0.380 e. The zero-order chi connectivity index (χ0) is 11.6. The summed E-state index contributed by atoms with van der Waals surface area (Å²) in [6.45, 7) is 4.84. The van der Waals surface area contributed by atoms with E-state index in [9.17, 15) is 0 Å². The minimum absolute atomic E-state index is 0. The highest BCUT2D eigenvalue weighted by Gasteiger charge is 1.91. The van der Waals surface area contributed by atoms with Crippen molar-refractivity contribution in [3.8, 4) is 0 Å². The molecule has 0 spiro atoms. The van der Waals surface area contributed by atoms with Crippen LogP contribution in [0.3, 0.4) is 0 Å². The normalized spacial score (nSPS) is 8.88. The lowest BCUT2D eigenvalue weighted by atomic mass is 10.2. The van der Waals surface area contributed by atoms with Crippen LogP contribution in [0, 0.1) is 0 Å². The number of rotatable bonds is 3. The minimum atomic E-state index is 0. The van der Waals surface area contributed by atoms with Gasteiger partial charge in [0.05, 0.1) is 5.69 Å². The van der Waals surface area contributed by atoms with Gasteiger partial charge in [-0.15, -0.1) is 0 Å². The number of nitrogens with one attached hydrogen (secondary N) is 1. The second-order valence-electron chi connectivity index (χ2n) is 3.08. The van der Waals surface area contributed by atoms with Crippen molar-refractivity contribution in [1.29, 1.82) is 0 Å². The van der Waals surface area contributed by atoms with E-state index in [0.29, 0.717) is 0 Å². The Morgan fingerprint density at radius 2 is 1.81 bits per heavy atom. The second-order valence-corrected chi connectivity index (χ2v) is 3.08. The van der Waals surface area contributed by atoms with Gasteiger partial charge in [0.15, 0.2) is 0 Å². The number of aromatic nitrogens is 1. The van der Waals surface area contributed by atoms with Crippen molar-refractivity contribution in [2.75, 3.05) is 5.32 Å². The molecular weight excluding hydrogens is 196 g/mol. The summed E-state index contributed by atoms with van der Waals surface area (Å²) in [6, 6.07) is 14.2. The fourth-order valence-electron chi connectivity index (χ4n) is 1.27. The summed E-state index contributed by atoms with van der Waals surface area (Å²) in [5.74, 6) is 0. The number of pyridine rings is 1. The van der Waals surface area contributed by atoms with Crippen LogP contribution >= 0.6 is 0 Å². The third kappa shape index (κ3) is 4.13. The molecule has 2 rings (SSSR count). The molecule has 1 heterocycles. The van der Waals surface area contributed by atoms with E-state index in [2.05, 4.69) is 22.4 Å². The molecule has 16 heavy (non-hydrogen) atoms. The quantitative estimate of drug-likeness (QED) is 0.839. The lowest BCUT2D eigenvalue weighted by Crippen LogP contribution is -1.98. The van der Waals surface area contributed by atoms with Gasteiger partial charge in [-0.05, 0) is 17.7 Å². The molecule has 2 heteroatoms. The number of hydrogen-bond acceptors (Lipinski definition) is 2. The van der Waals surface area contributed by atoms with Crippen LogP contribution in [0.1, 0.15) is 20.8 Å². The number of benzene rings is 1. The standard InChI is InChI=1S/C12H12N2.C2H6.H2/c1-2-5-11(6-3-1)9-14-12-7-4-8-13-10-12;1-2;/h1-8,10,14H,9H2;1-2H3;1H. The molecule has 1 aromatic heterocycles. The first-order valence-electron chi connectivity index (χ1n) is 5.63. The summed E-state index contributed by atoms with van der Waals surface area (Å²) in [7, 11) is 0. The molecule has 0 bridgehead atoms. The highest BCUT2D eigenvalue weighted by Crippen LogP contribution is 2.06. The van der Waals surface area contributed by atoms with Gasteiger partial charge in [0.1, 0.15) is 0 Å². The molecule has 0 aliphatic rings. The van der Waals surface area contributed by atoms with Crippen molar-refractivity contribution in [2.24, 2.45) is 0 Å². The van der Waals surface area contributed by atoms with Crippen molar-refractivity contribution in [3.63, 3.8) is 0 Å².